The lowest BCUT2D eigenvalue weighted by molar-refractivity contribution is -0.187. The van der Waals surface area contributed by atoms with Gasteiger partial charge in [0.2, 0.25) is 0 Å². The van der Waals surface area contributed by atoms with Crippen LogP contribution >= 0.6 is 0 Å². The number of aliphatic carboxylic acids is 1. The van der Waals surface area contributed by atoms with Crippen molar-refractivity contribution >= 4 is 20.0 Å². The summed E-state index contributed by atoms with van der Waals surface area (Å²) in [4.78, 5) is 22.9. The Bertz CT molecular complexity index is 379. The Morgan fingerprint density at radius 1 is 1.22 bits per heavy atom. The summed E-state index contributed by atoms with van der Waals surface area (Å²) in [6.45, 7) is 0. The average Bonchev–Trinajstić information content (AvgIpc) is 2.84. The summed E-state index contributed by atoms with van der Waals surface area (Å²) in [5.74, 6) is -3.31. The number of amides is 1. The molecule has 0 aliphatic carbocycles. The molecule has 1 unspecified atom stereocenters. The van der Waals surface area contributed by atoms with Gasteiger partial charge in [-0.05, 0) is 6.04 Å². The summed E-state index contributed by atoms with van der Waals surface area (Å²) in [6, 6.07) is 0.699. The second-order valence-corrected chi connectivity index (χ2v) is 9.92. The zero-order chi connectivity index (χ0) is 13.6. The highest BCUT2D eigenvalue weighted by Crippen LogP contribution is 2.41. The van der Waals surface area contributed by atoms with Gasteiger partial charge in [-0.15, -0.1) is 0 Å². The highest BCUT2D eigenvalue weighted by atomic mass is 28.3. The molecule has 0 aromatic rings. The first-order valence-corrected chi connectivity index (χ1v) is 8.69. The number of carbonyl (C=O) groups is 2. The first-order valence-electron chi connectivity index (χ1n) is 5.86. The lowest BCUT2D eigenvalue weighted by Crippen LogP contribution is -2.47. The minimum atomic E-state index is -4.98. The molecule has 0 radical (unpaired) electrons. The number of carboxylic acid groups (broad SMARTS) is 1. The molecule has 2 rings (SSSR count). The molecule has 2 saturated heterocycles. The minimum absolute atomic E-state index is 0.0578. The molecule has 0 bridgehead atoms. The second kappa shape index (κ2) is 4.25. The molecule has 1 atom stereocenters. The van der Waals surface area contributed by atoms with Gasteiger partial charge in [-0.3, -0.25) is 4.79 Å². The monoisotopic (exact) mass is 281 g/mol. The Balaban J connectivity index is 2.22. The number of rotatable bonds is 1. The number of alkyl halides is 3. The van der Waals surface area contributed by atoms with Gasteiger partial charge in [0, 0.05) is 6.17 Å². The van der Waals surface area contributed by atoms with Crippen molar-refractivity contribution in [2.45, 2.75) is 43.2 Å². The Kier molecular flexibility index (Phi) is 3.16. The van der Waals surface area contributed by atoms with Gasteiger partial charge in [0.15, 0.2) is 0 Å². The van der Waals surface area contributed by atoms with Gasteiger partial charge >= 0.3 is 18.1 Å². The van der Waals surface area contributed by atoms with Crippen molar-refractivity contribution < 1.29 is 27.9 Å². The Hall–Kier alpha value is -1.05. The zero-order valence-corrected chi connectivity index (χ0v) is 10.7. The summed E-state index contributed by atoms with van der Waals surface area (Å²) in [7, 11) is -1.98. The van der Waals surface area contributed by atoms with Crippen LogP contribution in [0.3, 0.4) is 0 Å². The third-order valence-corrected chi connectivity index (χ3v) is 9.05. The summed E-state index contributed by atoms with van der Waals surface area (Å²) in [5.41, 5.74) is 0. The quantitative estimate of drug-likeness (QED) is 0.743. The van der Waals surface area contributed by atoms with E-state index in [1.54, 1.807) is 0 Å². The van der Waals surface area contributed by atoms with E-state index in [0.717, 1.165) is 24.9 Å². The number of carbonyl (C=O) groups excluding carboxylic acids is 1. The predicted molar refractivity (Wildman–Crippen MR) is 58.6 cm³/mol. The molecule has 1 N–H and O–H groups in total. The summed E-state index contributed by atoms with van der Waals surface area (Å²) in [5, 5.41) is 9.00. The van der Waals surface area contributed by atoms with Crippen LogP contribution < -0.4 is 0 Å². The largest absolute Gasteiger partial charge is 0.480 e. The zero-order valence-electron chi connectivity index (χ0n) is 9.66. The van der Waals surface area contributed by atoms with Crippen molar-refractivity contribution in [3.8, 4) is 0 Å². The molecule has 2 aliphatic heterocycles. The third kappa shape index (κ3) is 2.25. The molecule has 102 valence electrons. The van der Waals surface area contributed by atoms with Crippen molar-refractivity contribution in [3.63, 3.8) is 0 Å². The van der Waals surface area contributed by atoms with Crippen LogP contribution in [-0.4, -0.2) is 48.3 Å². The van der Waals surface area contributed by atoms with E-state index in [0.29, 0.717) is 4.90 Å². The highest BCUT2D eigenvalue weighted by molar-refractivity contribution is 6.82. The number of carboxylic acids is 1. The van der Waals surface area contributed by atoms with E-state index in [4.69, 9.17) is 5.11 Å². The fourth-order valence-electron chi connectivity index (χ4n) is 3.14. The van der Waals surface area contributed by atoms with Crippen LogP contribution in [0.4, 0.5) is 13.2 Å². The fraction of sp³-hybridized carbons (Fsp3) is 0.800. The van der Waals surface area contributed by atoms with Gasteiger partial charge in [-0.1, -0.05) is 24.9 Å². The van der Waals surface area contributed by atoms with Gasteiger partial charge in [0.05, 0.1) is 8.07 Å². The SMILES string of the molecule is O=C(O)C1C[Si]2(CCCC2)CN1C(=O)C(F)(F)F. The maximum absolute atomic E-state index is 12.4. The molecule has 18 heavy (non-hydrogen) atoms. The Morgan fingerprint density at radius 3 is 2.22 bits per heavy atom. The van der Waals surface area contributed by atoms with Gasteiger partial charge in [-0.25, -0.2) is 4.79 Å². The normalized spacial score (nSPS) is 26.8. The van der Waals surface area contributed by atoms with Crippen LogP contribution in [0.5, 0.6) is 0 Å². The molecule has 8 heteroatoms. The van der Waals surface area contributed by atoms with Crippen molar-refractivity contribution in [1.29, 1.82) is 0 Å². The topological polar surface area (TPSA) is 57.6 Å². The number of halogens is 3. The van der Waals surface area contributed by atoms with Crippen LogP contribution in [0.1, 0.15) is 12.8 Å². The first kappa shape index (κ1) is 13.4. The molecule has 0 aromatic carbocycles. The van der Waals surface area contributed by atoms with Crippen LogP contribution in [0.2, 0.25) is 18.1 Å². The minimum Gasteiger partial charge on any atom is -0.480 e. The van der Waals surface area contributed by atoms with Gasteiger partial charge in [-0.2, -0.15) is 13.2 Å². The Labute approximate surface area is 103 Å². The summed E-state index contributed by atoms with van der Waals surface area (Å²) >= 11 is 0. The van der Waals surface area contributed by atoms with Crippen molar-refractivity contribution in [1.82, 2.24) is 4.90 Å². The molecule has 2 heterocycles. The van der Waals surface area contributed by atoms with E-state index in [-0.39, 0.29) is 12.2 Å². The average molecular weight is 281 g/mol. The smallest absolute Gasteiger partial charge is 0.471 e. The molecule has 1 spiro atoms. The van der Waals surface area contributed by atoms with E-state index in [1.165, 1.54) is 0 Å². The van der Waals surface area contributed by atoms with Gasteiger partial charge in [0.1, 0.15) is 6.04 Å². The predicted octanol–water partition coefficient (Wildman–Crippen LogP) is 1.63. The molecule has 2 aliphatic rings. The van der Waals surface area contributed by atoms with Gasteiger partial charge in [0.25, 0.3) is 0 Å². The van der Waals surface area contributed by atoms with E-state index >= 15 is 0 Å². The third-order valence-electron chi connectivity index (χ3n) is 3.96. The van der Waals surface area contributed by atoms with Crippen LogP contribution in [0.15, 0.2) is 0 Å². The van der Waals surface area contributed by atoms with E-state index in [2.05, 4.69) is 0 Å². The molecule has 0 aromatic heterocycles. The fourth-order valence-corrected chi connectivity index (χ4v) is 8.55. The molecular weight excluding hydrogens is 267 g/mol. The molecule has 4 nitrogen and oxygen atoms in total. The highest BCUT2D eigenvalue weighted by Gasteiger charge is 2.56. The van der Waals surface area contributed by atoms with Crippen LogP contribution in [-0.2, 0) is 9.59 Å². The van der Waals surface area contributed by atoms with E-state index < -0.39 is 32.2 Å². The van der Waals surface area contributed by atoms with E-state index in [1.807, 2.05) is 0 Å². The lowest BCUT2D eigenvalue weighted by atomic mass is 10.3. The van der Waals surface area contributed by atoms with Crippen molar-refractivity contribution in [2.24, 2.45) is 0 Å². The molecule has 1 amide bonds. The summed E-state index contributed by atoms with van der Waals surface area (Å²) < 4.78 is 37.3. The lowest BCUT2D eigenvalue weighted by Gasteiger charge is -2.23. The van der Waals surface area contributed by atoms with Crippen LogP contribution in [0.25, 0.3) is 0 Å². The maximum Gasteiger partial charge on any atom is 0.471 e. The first-order chi connectivity index (χ1) is 8.25. The van der Waals surface area contributed by atoms with Crippen LogP contribution in [0, 0.1) is 0 Å². The van der Waals surface area contributed by atoms with Crippen molar-refractivity contribution in [2.75, 3.05) is 6.17 Å². The van der Waals surface area contributed by atoms with E-state index in [9.17, 15) is 22.8 Å². The number of nitrogens with zero attached hydrogens (tertiary/aromatic N) is 1. The standard InChI is InChI=1S/C10H14F3NO3Si/c11-10(12,13)9(17)14-6-18(3-1-2-4-18)5-7(14)8(15)16/h7H,1-6H2,(H,15,16). The molecule has 2 fully saturated rings. The molecule has 0 saturated carbocycles. The van der Waals surface area contributed by atoms with Crippen molar-refractivity contribution in [3.05, 3.63) is 0 Å². The summed E-state index contributed by atoms with van der Waals surface area (Å²) in [6.07, 6.45) is -3.02. The Morgan fingerprint density at radius 2 is 1.78 bits per heavy atom. The molecular formula is C10H14F3NO3Si. The number of hydrogen-bond donors (Lipinski definition) is 1. The maximum atomic E-state index is 12.4. The van der Waals surface area contributed by atoms with Gasteiger partial charge < -0.3 is 10.0 Å². The number of hydrogen-bond acceptors (Lipinski definition) is 2. The second-order valence-electron chi connectivity index (χ2n) is 5.20.